The summed E-state index contributed by atoms with van der Waals surface area (Å²) in [7, 11) is -2.79. The summed E-state index contributed by atoms with van der Waals surface area (Å²) in [4.78, 5) is 25.0. The summed E-state index contributed by atoms with van der Waals surface area (Å²) in [6.45, 7) is 0.395. The number of sulfonamides is 1. The molecule has 1 atom stereocenters. The van der Waals surface area contributed by atoms with Gasteiger partial charge in [0.2, 0.25) is 22.7 Å². The van der Waals surface area contributed by atoms with Gasteiger partial charge in [0.25, 0.3) is 5.91 Å². The normalized spacial score (nSPS) is 15.4. The summed E-state index contributed by atoms with van der Waals surface area (Å²) in [6, 6.07) is 9.33. The predicted octanol–water partition coefficient (Wildman–Crippen LogP) is 1.80. The number of nitrogens with zero attached hydrogens (tertiary/aromatic N) is 1. The molecule has 4 rings (SSSR count). The Morgan fingerprint density at radius 1 is 1.14 bits per heavy atom. The van der Waals surface area contributed by atoms with Gasteiger partial charge >= 0.3 is 0 Å². The van der Waals surface area contributed by atoms with Gasteiger partial charge in [-0.3, -0.25) is 14.8 Å². The van der Waals surface area contributed by atoms with E-state index in [1.54, 1.807) is 23.7 Å². The van der Waals surface area contributed by atoms with Crippen molar-refractivity contribution in [2.45, 2.75) is 43.2 Å². The Morgan fingerprint density at radius 3 is 2.53 bits per heavy atom. The van der Waals surface area contributed by atoms with E-state index in [1.165, 1.54) is 31.4 Å². The maximum absolute atomic E-state index is 13.8. The molecule has 194 valence electrons. The Morgan fingerprint density at radius 2 is 1.86 bits per heavy atom. The number of carbonyl (C=O) groups is 2. The van der Waals surface area contributed by atoms with Crippen molar-refractivity contribution >= 4 is 21.8 Å². The molecule has 36 heavy (non-hydrogen) atoms. The zero-order valence-electron chi connectivity index (χ0n) is 19.8. The monoisotopic (exact) mass is 519 g/mol. The first-order valence-electron chi connectivity index (χ1n) is 11.6. The molecule has 2 aromatic carbocycles. The summed E-state index contributed by atoms with van der Waals surface area (Å²) in [5, 5.41) is 12.2. The number of fused-ring (bicyclic) bond motifs is 1. The van der Waals surface area contributed by atoms with Crippen LogP contribution < -0.4 is 25.0 Å². The molecule has 12 heteroatoms. The minimum Gasteiger partial charge on any atom is -0.497 e. The van der Waals surface area contributed by atoms with Crippen molar-refractivity contribution < 1.29 is 37.4 Å². The van der Waals surface area contributed by atoms with Crippen LogP contribution in [-0.4, -0.2) is 56.2 Å². The number of methoxy groups -OCH3 is 1. The Kier molecular flexibility index (Phi) is 7.97. The second-order valence-electron chi connectivity index (χ2n) is 8.69. The number of hydrogen-bond donors (Lipinski definition) is 3. The lowest BCUT2D eigenvalue weighted by molar-refractivity contribution is -0.133. The van der Waals surface area contributed by atoms with Crippen LogP contribution in [0.15, 0.2) is 47.4 Å². The lowest BCUT2D eigenvalue weighted by Gasteiger charge is -2.29. The second kappa shape index (κ2) is 11.1. The third-order valence-electron chi connectivity index (χ3n) is 6.13. The first kappa shape index (κ1) is 25.7. The summed E-state index contributed by atoms with van der Waals surface area (Å²) < 4.78 is 44.3. The molecule has 0 radical (unpaired) electrons. The first-order chi connectivity index (χ1) is 17.3. The molecular weight excluding hydrogens is 490 g/mol. The Balaban J connectivity index is 1.63. The zero-order chi connectivity index (χ0) is 25.7. The number of hydroxylamine groups is 1. The SMILES string of the molecule is COc1ccc(S(=O)(=O)N(Cc2ccc3c(c2)OCO3)[C@H](CCC(=O)NCC2CC2)C(=O)NO)cc1. The molecule has 0 spiro atoms. The molecule has 11 nitrogen and oxygen atoms in total. The van der Waals surface area contributed by atoms with Crippen LogP contribution in [0.1, 0.15) is 31.2 Å². The van der Waals surface area contributed by atoms with E-state index < -0.39 is 22.0 Å². The molecule has 1 heterocycles. The predicted molar refractivity (Wildman–Crippen MR) is 127 cm³/mol. The number of rotatable bonds is 12. The lowest BCUT2D eigenvalue weighted by atomic mass is 10.1. The standard InChI is InChI=1S/C24H29N3O8S/c1-33-18-5-7-19(8-6-18)36(31,32)27(14-17-4-10-21-22(12-17)35-15-34-21)20(24(29)26-30)9-11-23(28)25-13-16-2-3-16/h4-8,10,12,16,20,30H,2-3,9,11,13-15H2,1H3,(H,25,28)(H,26,29)/t20-/m1/s1. The average molecular weight is 520 g/mol. The fourth-order valence-corrected chi connectivity index (χ4v) is 5.49. The second-order valence-corrected chi connectivity index (χ2v) is 10.6. The van der Waals surface area contributed by atoms with Gasteiger partial charge in [-0.15, -0.1) is 0 Å². The number of benzene rings is 2. The Labute approximate surface area is 209 Å². The first-order valence-corrected chi connectivity index (χ1v) is 13.0. The Hall–Kier alpha value is -3.35. The molecule has 2 amide bonds. The highest BCUT2D eigenvalue weighted by atomic mass is 32.2. The van der Waals surface area contributed by atoms with Gasteiger partial charge in [-0.1, -0.05) is 6.07 Å². The molecule has 0 unspecified atom stereocenters. The van der Waals surface area contributed by atoms with Crippen molar-refractivity contribution in [3.8, 4) is 17.2 Å². The van der Waals surface area contributed by atoms with Gasteiger partial charge in [0.1, 0.15) is 11.8 Å². The van der Waals surface area contributed by atoms with Crippen LogP contribution in [0.25, 0.3) is 0 Å². The molecular formula is C24H29N3O8S. The lowest BCUT2D eigenvalue weighted by Crippen LogP contribution is -2.49. The van der Waals surface area contributed by atoms with E-state index in [9.17, 15) is 23.2 Å². The van der Waals surface area contributed by atoms with E-state index in [0.29, 0.717) is 35.3 Å². The summed E-state index contributed by atoms with van der Waals surface area (Å²) in [5.74, 6) is 0.694. The summed E-state index contributed by atoms with van der Waals surface area (Å²) in [5.41, 5.74) is 2.09. The van der Waals surface area contributed by atoms with E-state index in [0.717, 1.165) is 17.1 Å². The third-order valence-corrected chi connectivity index (χ3v) is 8.00. The van der Waals surface area contributed by atoms with Gasteiger partial charge in [0, 0.05) is 19.5 Å². The molecule has 1 aliphatic carbocycles. The maximum atomic E-state index is 13.8. The van der Waals surface area contributed by atoms with Gasteiger partial charge < -0.3 is 19.5 Å². The molecule has 1 fully saturated rings. The van der Waals surface area contributed by atoms with E-state index in [-0.39, 0.29) is 37.0 Å². The molecule has 2 aliphatic rings. The van der Waals surface area contributed by atoms with Crippen LogP contribution >= 0.6 is 0 Å². The maximum Gasteiger partial charge on any atom is 0.261 e. The van der Waals surface area contributed by atoms with Gasteiger partial charge in [0.05, 0.1) is 12.0 Å². The van der Waals surface area contributed by atoms with Crippen LogP contribution in [0, 0.1) is 5.92 Å². The summed E-state index contributed by atoms with van der Waals surface area (Å²) in [6.07, 6.45) is 1.90. The number of amides is 2. The van der Waals surface area contributed by atoms with Crippen LogP contribution in [0.4, 0.5) is 0 Å². The molecule has 0 bridgehead atoms. The van der Waals surface area contributed by atoms with Crippen LogP contribution in [0.2, 0.25) is 0 Å². The van der Waals surface area contributed by atoms with Crippen molar-refractivity contribution in [1.29, 1.82) is 0 Å². The topological polar surface area (TPSA) is 144 Å². The van der Waals surface area contributed by atoms with Crippen molar-refractivity contribution in [3.63, 3.8) is 0 Å². The molecule has 0 saturated heterocycles. The highest BCUT2D eigenvalue weighted by molar-refractivity contribution is 7.89. The van der Waals surface area contributed by atoms with Gasteiger partial charge in [-0.05, 0) is 67.1 Å². The van der Waals surface area contributed by atoms with Gasteiger partial charge in [0.15, 0.2) is 11.5 Å². The number of hydrogen-bond acceptors (Lipinski definition) is 8. The third kappa shape index (κ3) is 6.07. The smallest absolute Gasteiger partial charge is 0.261 e. The minimum atomic E-state index is -4.25. The fourth-order valence-electron chi connectivity index (χ4n) is 3.88. The van der Waals surface area contributed by atoms with E-state index in [1.807, 2.05) is 0 Å². The van der Waals surface area contributed by atoms with Crippen molar-refractivity contribution in [2.75, 3.05) is 20.4 Å². The van der Waals surface area contributed by atoms with Gasteiger partial charge in [-0.25, -0.2) is 13.9 Å². The number of carbonyl (C=O) groups excluding carboxylic acids is 2. The number of ether oxygens (including phenoxy) is 3. The van der Waals surface area contributed by atoms with Gasteiger partial charge in [-0.2, -0.15) is 4.31 Å². The Bertz CT molecular complexity index is 1200. The molecule has 1 aliphatic heterocycles. The van der Waals surface area contributed by atoms with E-state index in [4.69, 9.17) is 14.2 Å². The highest BCUT2D eigenvalue weighted by Gasteiger charge is 2.37. The van der Waals surface area contributed by atoms with E-state index >= 15 is 0 Å². The highest BCUT2D eigenvalue weighted by Crippen LogP contribution is 2.34. The largest absolute Gasteiger partial charge is 0.497 e. The zero-order valence-corrected chi connectivity index (χ0v) is 20.6. The molecule has 1 saturated carbocycles. The molecule has 0 aromatic heterocycles. The fraction of sp³-hybridized carbons (Fsp3) is 0.417. The molecule has 2 aromatic rings. The summed E-state index contributed by atoms with van der Waals surface area (Å²) >= 11 is 0. The van der Waals surface area contributed by atoms with Crippen LogP contribution in [0.5, 0.6) is 17.2 Å². The van der Waals surface area contributed by atoms with Crippen LogP contribution in [0.3, 0.4) is 0 Å². The van der Waals surface area contributed by atoms with Crippen molar-refractivity contribution in [2.24, 2.45) is 5.92 Å². The quantitative estimate of drug-likeness (QED) is 0.285. The average Bonchev–Trinajstić information content (AvgIpc) is 3.61. The van der Waals surface area contributed by atoms with Crippen molar-refractivity contribution in [3.05, 3.63) is 48.0 Å². The number of nitrogens with one attached hydrogen (secondary N) is 2. The van der Waals surface area contributed by atoms with Crippen LogP contribution in [-0.2, 0) is 26.2 Å². The molecule has 3 N–H and O–H groups in total. The minimum absolute atomic E-state index is 0.0537. The van der Waals surface area contributed by atoms with Crippen molar-refractivity contribution in [1.82, 2.24) is 15.1 Å². The van der Waals surface area contributed by atoms with E-state index in [2.05, 4.69) is 5.32 Å².